The summed E-state index contributed by atoms with van der Waals surface area (Å²) in [5.74, 6) is 0.305. The monoisotopic (exact) mass is 290 g/mol. The van der Waals surface area contributed by atoms with Crippen molar-refractivity contribution in [3.63, 3.8) is 0 Å². The second kappa shape index (κ2) is 7.60. The number of rotatable bonds is 8. The van der Waals surface area contributed by atoms with E-state index in [-0.39, 0.29) is 0 Å². The predicted molar refractivity (Wildman–Crippen MR) is 80.8 cm³/mol. The molecule has 0 spiro atoms. The summed E-state index contributed by atoms with van der Waals surface area (Å²) in [6, 6.07) is 0. The first-order valence-electron chi connectivity index (χ1n) is 7.62. The molecule has 1 aliphatic heterocycles. The maximum Gasteiger partial charge on any atom is 0.214 e. The summed E-state index contributed by atoms with van der Waals surface area (Å²) in [4.78, 5) is 0. The smallest absolute Gasteiger partial charge is 0.214 e. The van der Waals surface area contributed by atoms with Crippen LogP contribution in [0.5, 0.6) is 0 Å². The Labute approximate surface area is 119 Å². The Morgan fingerprint density at radius 3 is 2.16 bits per heavy atom. The summed E-state index contributed by atoms with van der Waals surface area (Å²) in [5, 5.41) is 3.05. The minimum absolute atomic E-state index is 0.305. The molecule has 0 aliphatic carbocycles. The van der Waals surface area contributed by atoms with Crippen molar-refractivity contribution in [2.24, 2.45) is 5.41 Å². The van der Waals surface area contributed by atoms with Crippen molar-refractivity contribution < 1.29 is 8.42 Å². The zero-order valence-electron chi connectivity index (χ0n) is 12.7. The van der Waals surface area contributed by atoms with E-state index in [1.807, 2.05) is 7.05 Å². The van der Waals surface area contributed by atoms with Gasteiger partial charge in [0.05, 0.1) is 5.75 Å². The number of unbranched alkanes of at least 4 members (excludes halogenated alkanes) is 1. The normalized spacial score (nSPS) is 20.6. The van der Waals surface area contributed by atoms with Gasteiger partial charge in [-0.15, -0.1) is 0 Å². The van der Waals surface area contributed by atoms with Gasteiger partial charge in [0.2, 0.25) is 10.0 Å². The van der Waals surface area contributed by atoms with Crippen molar-refractivity contribution in [2.45, 2.75) is 52.4 Å². The third-order valence-electron chi connectivity index (χ3n) is 4.76. The molecule has 19 heavy (non-hydrogen) atoms. The van der Waals surface area contributed by atoms with Gasteiger partial charge in [0.25, 0.3) is 0 Å². The first-order chi connectivity index (χ1) is 8.99. The Balaban J connectivity index is 2.45. The number of hydrogen-bond donors (Lipinski definition) is 1. The van der Waals surface area contributed by atoms with E-state index in [0.717, 1.165) is 45.3 Å². The van der Waals surface area contributed by atoms with Gasteiger partial charge in [-0.1, -0.05) is 26.7 Å². The summed E-state index contributed by atoms with van der Waals surface area (Å²) in [7, 11) is -1.13. The van der Waals surface area contributed by atoms with Crippen LogP contribution in [0.15, 0.2) is 0 Å². The zero-order chi connectivity index (χ0) is 14.4. The number of hydrogen-bond acceptors (Lipinski definition) is 3. The summed E-state index contributed by atoms with van der Waals surface area (Å²) < 4.78 is 26.2. The van der Waals surface area contributed by atoms with Crippen LogP contribution in [0.4, 0.5) is 0 Å². The maximum atomic E-state index is 12.2. The Morgan fingerprint density at radius 1 is 1.11 bits per heavy atom. The highest BCUT2D eigenvalue weighted by Crippen LogP contribution is 2.38. The van der Waals surface area contributed by atoms with Crippen molar-refractivity contribution in [3.8, 4) is 0 Å². The zero-order valence-corrected chi connectivity index (χ0v) is 13.6. The van der Waals surface area contributed by atoms with Crippen LogP contribution in [0.25, 0.3) is 0 Å². The fourth-order valence-corrected chi connectivity index (χ4v) is 4.48. The molecule has 1 aliphatic rings. The van der Waals surface area contributed by atoms with E-state index >= 15 is 0 Å². The van der Waals surface area contributed by atoms with Crippen LogP contribution in [-0.2, 0) is 10.0 Å². The molecule has 1 N–H and O–H groups in total. The van der Waals surface area contributed by atoms with Crippen molar-refractivity contribution >= 4 is 10.0 Å². The molecule has 0 aromatic heterocycles. The summed E-state index contributed by atoms with van der Waals surface area (Å²) in [5.41, 5.74) is 0.387. The Morgan fingerprint density at radius 2 is 1.68 bits per heavy atom. The summed E-state index contributed by atoms with van der Waals surface area (Å²) >= 11 is 0. The van der Waals surface area contributed by atoms with Gasteiger partial charge in [0, 0.05) is 13.1 Å². The van der Waals surface area contributed by atoms with E-state index in [4.69, 9.17) is 0 Å². The Bertz CT molecular complexity index is 340. The fraction of sp³-hybridized carbons (Fsp3) is 1.00. The average molecular weight is 290 g/mol. The lowest BCUT2D eigenvalue weighted by Gasteiger charge is -2.40. The van der Waals surface area contributed by atoms with E-state index in [0.29, 0.717) is 11.2 Å². The van der Waals surface area contributed by atoms with Crippen LogP contribution in [0.3, 0.4) is 0 Å². The van der Waals surface area contributed by atoms with Crippen LogP contribution in [0, 0.1) is 5.41 Å². The van der Waals surface area contributed by atoms with Crippen molar-refractivity contribution in [3.05, 3.63) is 0 Å². The van der Waals surface area contributed by atoms with Crippen LogP contribution in [-0.4, -0.2) is 45.2 Å². The van der Waals surface area contributed by atoms with Gasteiger partial charge in [0.1, 0.15) is 0 Å². The van der Waals surface area contributed by atoms with Crippen molar-refractivity contribution in [1.29, 1.82) is 0 Å². The van der Waals surface area contributed by atoms with Gasteiger partial charge in [0.15, 0.2) is 0 Å². The molecular formula is C14H30N2O2S. The molecule has 0 bridgehead atoms. The lowest BCUT2D eigenvalue weighted by molar-refractivity contribution is 0.141. The van der Waals surface area contributed by atoms with Gasteiger partial charge in [-0.3, -0.25) is 0 Å². The molecule has 0 aromatic carbocycles. The molecule has 0 saturated carbocycles. The van der Waals surface area contributed by atoms with Crippen LogP contribution >= 0.6 is 0 Å². The second-order valence-electron chi connectivity index (χ2n) is 5.73. The maximum absolute atomic E-state index is 12.2. The van der Waals surface area contributed by atoms with E-state index in [9.17, 15) is 8.42 Å². The molecule has 4 nitrogen and oxygen atoms in total. The van der Waals surface area contributed by atoms with Gasteiger partial charge < -0.3 is 5.32 Å². The molecule has 1 rings (SSSR count). The summed E-state index contributed by atoms with van der Waals surface area (Å²) in [6.07, 6.45) is 6.06. The van der Waals surface area contributed by atoms with E-state index < -0.39 is 10.0 Å². The minimum atomic E-state index is -3.02. The molecule has 0 atom stereocenters. The lowest BCUT2D eigenvalue weighted by Crippen LogP contribution is -2.43. The lowest BCUT2D eigenvalue weighted by atomic mass is 9.75. The van der Waals surface area contributed by atoms with Gasteiger partial charge in [-0.2, -0.15) is 0 Å². The number of nitrogens with one attached hydrogen (secondary N) is 1. The fourth-order valence-electron chi connectivity index (χ4n) is 2.91. The SMILES string of the molecule is CCC1(CC)CCN(S(=O)(=O)CCCCNC)CC1. The molecule has 114 valence electrons. The molecule has 1 heterocycles. The van der Waals surface area contributed by atoms with Crippen LogP contribution in [0.1, 0.15) is 52.4 Å². The minimum Gasteiger partial charge on any atom is -0.320 e. The van der Waals surface area contributed by atoms with E-state index in [1.165, 1.54) is 12.8 Å². The molecule has 0 aromatic rings. The predicted octanol–water partition coefficient (Wildman–Crippen LogP) is 2.22. The second-order valence-corrected chi connectivity index (χ2v) is 7.82. The highest BCUT2D eigenvalue weighted by molar-refractivity contribution is 7.89. The Hall–Kier alpha value is -0.130. The van der Waals surface area contributed by atoms with Gasteiger partial charge >= 0.3 is 0 Å². The first-order valence-corrected chi connectivity index (χ1v) is 9.23. The third kappa shape index (κ3) is 4.72. The molecular weight excluding hydrogens is 260 g/mol. The standard InChI is InChI=1S/C14H30N2O2S/c1-4-14(5-2)8-11-16(12-9-14)19(17,18)13-7-6-10-15-3/h15H,4-13H2,1-3H3. The van der Waals surface area contributed by atoms with Gasteiger partial charge in [-0.05, 0) is 44.7 Å². The van der Waals surface area contributed by atoms with Crippen molar-refractivity contribution in [1.82, 2.24) is 9.62 Å². The van der Waals surface area contributed by atoms with E-state index in [1.54, 1.807) is 4.31 Å². The summed E-state index contributed by atoms with van der Waals surface area (Å²) in [6.45, 7) is 6.78. The topological polar surface area (TPSA) is 49.4 Å². The molecule has 0 amide bonds. The molecule has 1 saturated heterocycles. The first kappa shape index (κ1) is 16.9. The number of nitrogens with zero attached hydrogens (tertiary/aromatic N) is 1. The van der Waals surface area contributed by atoms with Crippen LogP contribution in [0.2, 0.25) is 0 Å². The third-order valence-corrected chi connectivity index (χ3v) is 6.71. The molecule has 1 fully saturated rings. The highest BCUT2D eigenvalue weighted by Gasteiger charge is 2.35. The largest absolute Gasteiger partial charge is 0.320 e. The highest BCUT2D eigenvalue weighted by atomic mass is 32.2. The number of piperidine rings is 1. The van der Waals surface area contributed by atoms with E-state index in [2.05, 4.69) is 19.2 Å². The number of sulfonamides is 1. The average Bonchev–Trinajstić information content (AvgIpc) is 2.43. The molecule has 0 radical (unpaired) electrons. The van der Waals surface area contributed by atoms with Crippen LogP contribution < -0.4 is 5.32 Å². The molecule has 5 heteroatoms. The Kier molecular flexibility index (Phi) is 6.77. The van der Waals surface area contributed by atoms with Gasteiger partial charge in [-0.25, -0.2) is 12.7 Å². The van der Waals surface area contributed by atoms with Crippen molar-refractivity contribution in [2.75, 3.05) is 32.4 Å². The quantitative estimate of drug-likeness (QED) is 0.697. The molecule has 0 unspecified atom stereocenters.